The first-order chi connectivity index (χ1) is 33.2. The topological polar surface area (TPSA) is 0 Å². The second kappa shape index (κ2) is 18.1. The Bertz CT molecular complexity index is 3620. The zero-order valence-corrected chi connectivity index (χ0v) is 38.8. The van der Waals surface area contributed by atoms with E-state index < -0.39 is 0 Å². The van der Waals surface area contributed by atoms with Gasteiger partial charge in [-0.3, -0.25) is 0 Å². The molecule has 0 radical (unpaired) electrons. The molecule has 0 nitrogen and oxygen atoms in total. The molecular weight excluding hydrogens is 845 g/mol. The number of benzene rings is 10. The molecule has 0 aliphatic heterocycles. The van der Waals surface area contributed by atoms with Crippen molar-refractivity contribution in [2.24, 2.45) is 0 Å². The Kier molecular flexibility index (Phi) is 11.1. The number of hydrogen-bond donors (Lipinski definition) is 0. The van der Waals surface area contributed by atoms with Crippen LogP contribution in [0, 0.1) is 0 Å². The first-order valence-corrected chi connectivity index (χ1v) is 25.1. The van der Waals surface area contributed by atoms with Crippen molar-refractivity contribution in [2.45, 2.75) is 31.1 Å². The fraction of sp³-hybridized carbons (Fsp3) is 0.0769. The summed E-state index contributed by atoms with van der Waals surface area (Å²) < 4.78 is 5.40. The van der Waals surface area contributed by atoms with Gasteiger partial charge in [-0.25, -0.2) is 0 Å². The normalized spacial score (nSPS) is 12.5. The molecule has 2 heteroatoms. The summed E-state index contributed by atoms with van der Waals surface area (Å²) in [5, 5.41) is 5.43. The van der Waals surface area contributed by atoms with Gasteiger partial charge < -0.3 is 0 Å². The molecule has 320 valence electrons. The van der Waals surface area contributed by atoms with E-state index in [1.807, 2.05) is 22.7 Å². The van der Waals surface area contributed by atoms with E-state index in [1.54, 1.807) is 0 Å². The second-order valence-electron chi connectivity index (χ2n) is 17.9. The van der Waals surface area contributed by atoms with Crippen molar-refractivity contribution in [1.82, 2.24) is 0 Å². The number of hydrogen-bond acceptors (Lipinski definition) is 2. The van der Waals surface area contributed by atoms with Crippen LogP contribution in [0.15, 0.2) is 243 Å². The van der Waals surface area contributed by atoms with Gasteiger partial charge in [0.25, 0.3) is 0 Å². The first kappa shape index (κ1) is 41.1. The van der Waals surface area contributed by atoms with Crippen LogP contribution in [0.5, 0.6) is 0 Å². The van der Waals surface area contributed by atoms with Gasteiger partial charge in [0.05, 0.1) is 0 Å². The maximum Gasteiger partial charge on any atom is 0.0361 e. The van der Waals surface area contributed by atoms with Gasteiger partial charge in [0.2, 0.25) is 0 Å². The van der Waals surface area contributed by atoms with Crippen molar-refractivity contribution in [3.8, 4) is 33.4 Å². The maximum absolute atomic E-state index is 2.57. The molecule has 0 N–H and O–H groups in total. The molecule has 2 heterocycles. The molecule has 67 heavy (non-hydrogen) atoms. The summed E-state index contributed by atoms with van der Waals surface area (Å²) in [6.45, 7) is 0. The molecule has 2 aromatic heterocycles. The highest BCUT2D eigenvalue weighted by molar-refractivity contribution is 7.26. The summed E-state index contributed by atoms with van der Waals surface area (Å²) in [4.78, 5) is 0. The summed E-state index contributed by atoms with van der Waals surface area (Å²) in [6, 6.07) is 90.5. The Morgan fingerprint density at radius 2 is 0.761 bits per heavy atom. The van der Waals surface area contributed by atoms with Crippen molar-refractivity contribution in [1.29, 1.82) is 0 Å². The predicted molar refractivity (Wildman–Crippen MR) is 290 cm³/mol. The molecule has 2 atom stereocenters. The Labute approximate surface area is 401 Å². The van der Waals surface area contributed by atoms with Crippen LogP contribution in [0.2, 0.25) is 0 Å². The molecule has 0 aliphatic carbocycles. The minimum absolute atomic E-state index is 0.185. The molecule has 0 saturated carbocycles. The lowest BCUT2D eigenvalue weighted by atomic mass is 9.81. The van der Waals surface area contributed by atoms with Crippen LogP contribution in [0.25, 0.3) is 73.7 Å². The largest absolute Gasteiger partial charge is 0.135 e. The lowest BCUT2D eigenvalue weighted by molar-refractivity contribution is 0.714. The van der Waals surface area contributed by atoms with Gasteiger partial charge in [-0.15, -0.1) is 22.7 Å². The molecule has 0 bridgehead atoms. The van der Waals surface area contributed by atoms with Crippen molar-refractivity contribution < 1.29 is 0 Å². The fourth-order valence-corrected chi connectivity index (χ4v) is 12.7. The summed E-state index contributed by atoms with van der Waals surface area (Å²) in [6.07, 6.45) is 2.87. The maximum atomic E-state index is 2.57. The van der Waals surface area contributed by atoms with E-state index in [4.69, 9.17) is 0 Å². The van der Waals surface area contributed by atoms with Crippen LogP contribution in [0.1, 0.15) is 51.6 Å². The Hall–Kier alpha value is -7.36. The second-order valence-corrected chi connectivity index (χ2v) is 20.1. The highest BCUT2D eigenvalue weighted by Crippen LogP contribution is 2.44. The number of aryl methyl sites for hydroxylation is 1. The molecule has 2 unspecified atom stereocenters. The van der Waals surface area contributed by atoms with Gasteiger partial charge in [-0.1, -0.05) is 218 Å². The number of rotatable bonds is 12. The molecule has 10 aromatic carbocycles. The van der Waals surface area contributed by atoms with Crippen molar-refractivity contribution in [3.05, 3.63) is 276 Å². The van der Waals surface area contributed by atoms with E-state index in [0.717, 1.165) is 19.3 Å². The summed E-state index contributed by atoms with van der Waals surface area (Å²) >= 11 is 3.82. The van der Waals surface area contributed by atoms with Crippen molar-refractivity contribution >= 4 is 63.0 Å². The molecule has 0 saturated heterocycles. The third-order valence-electron chi connectivity index (χ3n) is 13.8. The lowest BCUT2D eigenvalue weighted by Crippen LogP contribution is -2.08. The van der Waals surface area contributed by atoms with Gasteiger partial charge in [0.15, 0.2) is 0 Å². The standard InChI is InChI=1S/C65H48S2/c1-4-14-46(15-5-1)48-27-24-44(25-28-48)40-59(51-18-8-3-9-19-51)60-41-45(42-64-65(60)58-21-11-13-23-62(58)67-64)26-38-55(52-33-29-49(30-34-52)47-16-6-2-7-17-47)53-35-31-50(32-36-53)54-37-39-57-56-20-10-12-22-61(56)66-63(57)43-54/h1-25,27-37,39,41-43,55,59H,26,38,40H2. The van der Waals surface area contributed by atoms with Gasteiger partial charge in [0.1, 0.15) is 0 Å². The molecule has 12 rings (SSSR count). The molecule has 0 amide bonds. The average molecular weight is 893 g/mol. The van der Waals surface area contributed by atoms with E-state index in [9.17, 15) is 0 Å². The van der Waals surface area contributed by atoms with Crippen LogP contribution in [0.4, 0.5) is 0 Å². The van der Waals surface area contributed by atoms with Gasteiger partial charge in [-0.05, 0) is 110 Å². The zero-order chi connectivity index (χ0) is 44.5. The van der Waals surface area contributed by atoms with Crippen molar-refractivity contribution in [3.63, 3.8) is 0 Å². The van der Waals surface area contributed by atoms with E-state index >= 15 is 0 Å². The molecule has 0 spiro atoms. The van der Waals surface area contributed by atoms with E-state index in [2.05, 4.69) is 243 Å². The first-order valence-electron chi connectivity index (χ1n) is 23.5. The summed E-state index contributed by atoms with van der Waals surface area (Å²) in [5.74, 6) is 0.406. The molecule has 0 aliphatic rings. The Morgan fingerprint density at radius 1 is 0.299 bits per heavy atom. The van der Waals surface area contributed by atoms with Gasteiger partial charge in [0, 0.05) is 52.2 Å². The van der Waals surface area contributed by atoms with Crippen LogP contribution < -0.4 is 0 Å². The van der Waals surface area contributed by atoms with E-state index in [-0.39, 0.29) is 11.8 Å². The third-order valence-corrected chi connectivity index (χ3v) is 16.1. The number of fused-ring (bicyclic) bond motifs is 6. The fourth-order valence-electron chi connectivity index (χ4n) is 10.3. The van der Waals surface area contributed by atoms with E-state index in [0.29, 0.717) is 0 Å². The zero-order valence-electron chi connectivity index (χ0n) is 37.2. The minimum atomic E-state index is 0.185. The monoisotopic (exact) mass is 892 g/mol. The highest BCUT2D eigenvalue weighted by Gasteiger charge is 2.23. The van der Waals surface area contributed by atoms with Gasteiger partial charge >= 0.3 is 0 Å². The third kappa shape index (κ3) is 8.29. The van der Waals surface area contributed by atoms with Crippen LogP contribution >= 0.6 is 22.7 Å². The van der Waals surface area contributed by atoms with Crippen LogP contribution in [0.3, 0.4) is 0 Å². The summed E-state index contributed by atoms with van der Waals surface area (Å²) in [7, 11) is 0. The predicted octanol–water partition coefficient (Wildman–Crippen LogP) is 18.6. The Morgan fingerprint density at radius 3 is 1.40 bits per heavy atom. The average Bonchev–Trinajstić information content (AvgIpc) is 3.97. The highest BCUT2D eigenvalue weighted by atomic mass is 32.1. The van der Waals surface area contributed by atoms with Crippen molar-refractivity contribution in [2.75, 3.05) is 0 Å². The smallest absolute Gasteiger partial charge is 0.0361 e. The number of thiophene rings is 2. The Balaban J connectivity index is 0.915. The van der Waals surface area contributed by atoms with Gasteiger partial charge in [-0.2, -0.15) is 0 Å². The SMILES string of the molecule is c1ccc(-c2ccc(CC(c3ccccc3)c3cc(CCC(c4ccc(-c5ccccc5)cc4)c4ccc(-c5ccc6c(c5)sc5ccccc56)cc4)cc4sc5ccccc5c34)cc2)cc1. The molecule has 0 fully saturated rings. The van der Waals surface area contributed by atoms with Crippen LogP contribution in [-0.2, 0) is 12.8 Å². The summed E-state index contributed by atoms with van der Waals surface area (Å²) in [5.41, 5.74) is 15.7. The minimum Gasteiger partial charge on any atom is -0.135 e. The van der Waals surface area contributed by atoms with E-state index in [1.165, 1.54) is 107 Å². The lowest BCUT2D eigenvalue weighted by Gasteiger charge is -2.22. The molecular formula is C65H48S2. The van der Waals surface area contributed by atoms with Crippen LogP contribution in [-0.4, -0.2) is 0 Å². The quantitative estimate of drug-likeness (QED) is 0.115. The molecule has 12 aromatic rings.